The van der Waals surface area contributed by atoms with Crippen molar-refractivity contribution in [2.24, 2.45) is 11.8 Å². The largest absolute Gasteiger partial charge is 0.298 e. The fourth-order valence-corrected chi connectivity index (χ4v) is 2.94. The average molecular weight is 230 g/mol. The molecule has 1 aromatic rings. The molecule has 1 fully saturated rings. The Balaban J connectivity index is 1.85. The summed E-state index contributed by atoms with van der Waals surface area (Å²) < 4.78 is 0. The van der Waals surface area contributed by atoms with Gasteiger partial charge < -0.3 is 0 Å². The number of aldehydes is 1. The molecule has 1 aromatic carbocycles. The minimum atomic E-state index is 0.778. The van der Waals surface area contributed by atoms with Crippen molar-refractivity contribution in [2.45, 2.75) is 45.4 Å². The molecule has 1 aliphatic rings. The average Bonchev–Trinajstić information content (AvgIpc) is 2.38. The molecule has 0 spiro atoms. The number of hydrogen-bond acceptors (Lipinski definition) is 1. The summed E-state index contributed by atoms with van der Waals surface area (Å²) in [6.45, 7) is 2.40. The van der Waals surface area contributed by atoms with Gasteiger partial charge in [0, 0.05) is 5.56 Å². The van der Waals surface area contributed by atoms with Crippen molar-refractivity contribution in [1.82, 2.24) is 0 Å². The minimum Gasteiger partial charge on any atom is -0.298 e. The van der Waals surface area contributed by atoms with E-state index in [1.54, 1.807) is 0 Å². The van der Waals surface area contributed by atoms with E-state index in [1.807, 2.05) is 12.1 Å². The van der Waals surface area contributed by atoms with Gasteiger partial charge in [0.25, 0.3) is 0 Å². The molecular weight excluding hydrogens is 208 g/mol. The van der Waals surface area contributed by atoms with Gasteiger partial charge in [0.05, 0.1) is 0 Å². The first kappa shape index (κ1) is 12.3. The molecule has 0 heterocycles. The van der Waals surface area contributed by atoms with Gasteiger partial charge in [-0.1, -0.05) is 56.9 Å². The Morgan fingerprint density at radius 3 is 2.53 bits per heavy atom. The van der Waals surface area contributed by atoms with E-state index in [1.165, 1.54) is 37.7 Å². The smallest absolute Gasteiger partial charge is 0.150 e. The van der Waals surface area contributed by atoms with Crippen LogP contribution in [0.2, 0.25) is 0 Å². The molecule has 1 nitrogen and oxygen atoms in total. The van der Waals surface area contributed by atoms with Crippen molar-refractivity contribution >= 4 is 6.29 Å². The molecule has 1 heteroatoms. The summed E-state index contributed by atoms with van der Waals surface area (Å²) in [7, 11) is 0. The van der Waals surface area contributed by atoms with Crippen LogP contribution in [0.5, 0.6) is 0 Å². The molecule has 0 radical (unpaired) electrons. The lowest BCUT2D eigenvalue weighted by atomic mass is 9.77. The molecule has 92 valence electrons. The second-order valence-corrected chi connectivity index (χ2v) is 5.42. The summed E-state index contributed by atoms with van der Waals surface area (Å²) >= 11 is 0. The zero-order chi connectivity index (χ0) is 12.1. The maximum absolute atomic E-state index is 10.6. The predicted molar refractivity (Wildman–Crippen MR) is 71.3 cm³/mol. The highest BCUT2D eigenvalue weighted by Crippen LogP contribution is 2.32. The highest BCUT2D eigenvalue weighted by Gasteiger charge is 2.20. The third kappa shape index (κ3) is 3.42. The molecule has 0 saturated heterocycles. The summed E-state index contributed by atoms with van der Waals surface area (Å²) in [5, 5.41) is 0. The van der Waals surface area contributed by atoms with Crippen LogP contribution in [0.4, 0.5) is 0 Å². The lowest BCUT2D eigenvalue weighted by Gasteiger charge is -2.28. The molecule has 2 atom stereocenters. The lowest BCUT2D eigenvalue weighted by Crippen LogP contribution is -2.17. The molecule has 2 rings (SSSR count). The van der Waals surface area contributed by atoms with Crippen LogP contribution in [0.15, 0.2) is 24.3 Å². The third-order valence-electron chi connectivity index (χ3n) is 4.21. The monoisotopic (exact) mass is 230 g/mol. The van der Waals surface area contributed by atoms with Crippen LogP contribution in [-0.4, -0.2) is 6.29 Å². The number of benzene rings is 1. The number of aryl methyl sites for hydroxylation is 1. The van der Waals surface area contributed by atoms with E-state index in [9.17, 15) is 4.79 Å². The minimum absolute atomic E-state index is 0.778. The first-order valence-electron chi connectivity index (χ1n) is 6.83. The van der Waals surface area contributed by atoms with E-state index in [0.717, 1.165) is 30.1 Å². The van der Waals surface area contributed by atoms with Crippen LogP contribution in [0.25, 0.3) is 0 Å². The molecule has 0 amide bonds. The van der Waals surface area contributed by atoms with Crippen LogP contribution in [-0.2, 0) is 6.42 Å². The number of hydrogen-bond donors (Lipinski definition) is 0. The second-order valence-electron chi connectivity index (χ2n) is 5.42. The summed E-state index contributed by atoms with van der Waals surface area (Å²) in [5.74, 6) is 1.81. The maximum Gasteiger partial charge on any atom is 0.150 e. The van der Waals surface area contributed by atoms with Gasteiger partial charge in [-0.2, -0.15) is 0 Å². The van der Waals surface area contributed by atoms with E-state index in [4.69, 9.17) is 0 Å². The molecule has 1 saturated carbocycles. The second kappa shape index (κ2) is 6.00. The van der Waals surface area contributed by atoms with E-state index in [0.29, 0.717) is 0 Å². The van der Waals surface area contributed by atoms with Gasteiger partial charge in [0.1, 0.15) is 6.29 Å². The Kier molecular flexibility index (Phi) is 4.36. The third-order valence-corrected chi connectivity index (χ3v) is 4.21. The molecule has 0 bridgehead atoms. The summed E-state index contributed by atoms with van der Waals surface area (Å²) in [6.07, 6.45) is 9.04. The van der Waals surface area contributed by atoms with Gasteiger partial charge in [-0.05, 0) is 30.2 Å². The zero-order valence-electron chi connectivity index (χ0n) is 10.7. The van der Waals surface area contributed by atoms with E-state index < -0.39 is 0 Å². The van der Waals surface area contributed by atoms with Crippen LogP contribution in [0, 0.1) is 11.8 Å². The lowest BCUT2D eigenvalue weighted by molar-refractivity contribution is 0.112. The van der Waals surface area contributed by atoms with E-state index in [2.05, 4.69) is 19.1 Å². The van der Waals surface area contributed by atoms with E-state index in [-0.39, 0.29) is 0 Å². The number of rotatable bonds is 4. The number of carbonyl (C=O) groups is 1. The van der Waals surface area contributed by atoms with Gasteiger partial charge >= 0.3 is 0 Å². The Hall–Kier alpha value is -1.11. The highest BCUT2D eigenvalue weighted by molar-refractivity contribution is 5.74. The first-order valence-corrected chi connectivity index (χ1v) is 6.83. The van der Waals surface area contributed by atoms with Gasteiger partial charge in [-0.3, -0.25) is 4.79 Å². The Labute approximate surface area is 104 Å². The van der Waals surface area contributed by atoms with Crippen molar-refractivity contribution in [3.8, 4) is 0 Å². The molecule has 17 heavy (non-hydrogen) atoms. The normalized spacial score (nSPS) is 24.5. The molecule has 0 aliphatic heterocycles. The Morgan fingerprint density at radius 2 is 1.88 bits per heavy atom. The van der Waals surface area contributed by atoms with Crippen molar-refractivity contribution < 1.29 is 4.79 Å². The highest BCUT2D eigenvalue weighted by atomic mass is 16.1. The Morgan fingerprint density at radius 1 is 1.18 bits per heavy atom. The molecule has 0 aromatic heterocycles. The fraction of sp³-hybridized carbons (Fsp3) is 0.562. The van der Waals surface area contributed by atoms with Gasteiger partial charge in [0.2, 0.25) is 0 Å². The van der Waals surface area contributed by atoms with Crippen molar-refractivity contribution in [1.29, 1.82) is 0 Å². The maximum atomic E-state index is 10.6. The van der Waals surface area contributed by atoms with E-state index >= 15 is 0 Å². The topological polar surface area (TPSA) is 17.1 Å². The van der Waals surface area contributed by atoms with Crippen LogP contribution in [0.1, 0.15) is 54.9 Å². The number of carbonyl (C=O) groups excluding carboxylic acids is 1. The summed E-state index contributed by atoms with van der Waals surface area (Å²) in [6, 6.07) is 8.04. The molecule has 2 unspecified atom stereocenters. The summed E-state index contributed by atoms with van der Waals surface area (Å²) in [4.78, 5) is 10.6. The Bertz CT molecular complexity index is 352. The van der Waals surface area contributed by atoms with Crippen LogP contribution in [0.3, 0.4) is 0 Å². The van der Waals surface area contributed by atoms with Crippen molar-refractivity contribution in [2.75, 3.05) is 0 Å². The van der Waals surface area contributed by atoms with Gasteiger partial charge in [-0.25, -0.2) is 0 Å². The molecule has 1 aliphatic carbocycles. The fourth-order valence-electron chi connectivity index (χ4n) is 2.94. The SMILES string of the molecule is CC1CCCCC1CCc1ccc(C=O)cc1. The van der Waals surface area contributed by atoms with Crippen molar-refractivity contribution in [3.05, 3.63) is 35.4 Å². The van der Waals surface area contributed by atoms with Gasteiger partial charge in [0.15, 0.2) is 0 Å². The standard InChI is InChI=1S/C16H22O/c1-13-4-2-3-5-16(13)11-10-14-6-8-15(12-17)9-7-14/h6-9,12-13,16H,2-5,10-11H2,1H3. The quantitative estimate of drug-likeness (QED) is 0.706. The van der Waals surface area contributed by atoms with Gasteiger partial charge in [-0.15, -0.1) is 0 Å². The van der Waals surface area contributed by atoms with Crippen molar-refractivity contribution in [3.63, 3.8) is 0 Å². The first-order chi connectivity index (χ1) is 8.29. The molecular formula is C16H22O. The summed E-state index contributed by atoms with van der Waals surface area (Å²) in [5.41, 5.74) is 2.15. The van der Waals surface area contributed by atoms with Crippen LogP contribution >= 0.6 is 0 Å². The predicted octanol–water partition coefficient (Wildman–Crippen LogP) is 4.26. The zero-order valence-corrected chi connectivity index (χ0v) is 10.7. The molecule has 0 N–H and O–H groups in total. The van der Waals surface area contributed by atoms with Crippen LogP contribution < -0.4 is 0 Å².